The number of ether oxygens (including phenoxy) is 3. The smallest absolute Gasteiger partial charge is 0.283 e. The minimum Gasteiger partial charge on any atom is -0.490 e. The second-order valence-corrected chi connectivity index (χ2v) is 8.60. The highest BCUT2D eigenvalue weighted by atomic mass is 19.1. The normalized spacial score (nSPS) is 29.7. The lowest BCUT2D eigenvalue weighted by molar-refractivity contribution is -0.0791. The number of aliphatic imine (C=N–C) groups is 1. The Labute approximate surface area is 175 Å². The van der Waals surface area contributed by atoms with E-state index in [-0.39, 0.29) is 30.3 Å². The van der Waals surface area contributed by atoms with Crippen LogP contribution in [0.2, 0.25) is 0 Å². The van der Waals surface area contributed by atoms with Crippen molar-refractivity contribution < 1.29 is 18.6 Å². The molecule has 3 heterocycles. The molecule has 0 radical (unpaired) electrons. The summed E-state index contributed by atoms with van der Waals surface area (Å²) in [7, 11) is 0. The van der Waals surface area contributed by atoms with E-state index in [2.05, 4.69) is 18.8 Å². The summed E-state index contributed by atoms with van der Waals surface area (Å²) >= 11 is 0. The molecule has 30 heavy (non-hydrogen) atoms. The topological polar surface area (TPSA) is 79.0 Å². The maximum atomic E-state index is 14.3. The number of nitrogens with two attached hydrogens (primary N) is 1. The van der Waals surface area contributed by atoms with Crippen molar-refractivity contribution in [1.29, 1.82) is 0 Å². The average molecular weight is 411 g/mol. The molecule has 5 rings (SSSR count). The molecular weight excluding hydrogens is 385 g/mol. The maximum absolute atomic E-state index is 14.3. The van der Waals surface area contributed by atoms with Crippen molar-refractivity contribution in [2.24, 2.45) is 16.6 Å². The Morgan fingerprint density at radius 3 is 2.87 bits per heavy atom. The van der Waals surface area contributed by atoms with Crippen molar-refractivity contribution in [2.45, 2.75) is 57.0 Å². The Kier molecular flexibility index (Phi) is 4.65. The van der Waals surface area contributed by atoms with Crippen LogP contribution < -0.4 is 10.5 Å². The van der Waals surface area contributed by atoms with Gasteiger partial charge in [0, 0.05) is 23.2 Å². The Bertz CT molecular complexity index is 995. The molecule has 2 N–H and O–H groups in total. The molecule has 2 aliphatic heterocycles. The van der Waals surface area contributed by atoms with E-state index in [9.17, 15) is 4.39 Å². The minimum absolute atomic E-state index is 0.0174. The van der Waals surface area contributed by atoms with Gasteiger partial charge in [0.1, 0.15) is 24.0 Å². The van der Waals surface area contributed by atoms with Gasteiger partial charge in [0.05, 0.1) is 12.2 Å². The van der Waals surface area contributed by atoms with Gasteiger partial charge < -0.3 is 19.9 Å². The molecule has 1 unspecified atom stereocenters. The molecular formula is C23H26FN3O3. The monoisotopic (exact) mass is 411 g/mol. The van der Waals surface area contributed by atoms with Crippen molar-refractivity contribution in [3.8, 4) is 16.9 Å². The third-order valence-electron chi connectivity index (χ3n) is 6.36. The number of halogens is 1. The summed E-state index contributed by atoms with van der Waals surface area (Å²) in [4.78, 5) is 8.59. The molecule has 0 bridgehead atoms. The van der Waals surface area contributed by atoms with Crippen LogP contribution in [0.15, 0.2) is 41.5 Å². The molecule has 0 amide bonds. The van der Waals surface area contributed by atoms with E-state index in [0.29, 0.717) is 12.2 Å². The lowest BCUT2D eigenvalue weighted by Gasteiger charge is -2.48. The Balaban J connectivity index is 1.60. The van der Waals surface area contributed by atoms with Crippen LogP contribution in [0, 0.1) is 11.9 Å². The zero-order valence-electron chi connectivity index (χ0n) is 17.2. The Morgan fingerprint density at radius 1 is 1.27 bits per heavy atom. The average Bonchev–Trinajstić information content (AvgIpc) is 3.11. The first kappa shape index (κ1) is 19.3. The Hall–Kier alpha value is -2.67. The summed E-state index contributed by atoms with van der Waals surface area (Å²) in [5.74, 6) is 0.321. The molecule has 1 aliphatic carbocycles. The standard InChI is InChI=1S/C23H26FN3O3/c1-13(2)29-15-6-8-20-18(11-15)23(12-28-22(25)27-23)17-10-14(5-7-19(17)30-20)16-4-3-9-26-21(16)24/h3-5,7,9-10,13,15,18,20H,6,8,11-12H2,1-2H3,(H2,25,27)/t15-,18-,20-,23?/m0/s1. The number of hydrogen-bond donors (Lipinski definition) is 1. The van der Waals surface area contributed by atoms with Gasteiger partial charge in [-0.15, -0.1) is 0 Å². The fourth-order valence-electron chi connectivity index (χ4n) is 5.13. The number of amidine groups is 1. The first-order valence-corrected chi connectivity index (χ1v) is 10.5. The van der Waals surface area contributed by atoms with Crippen LogP contribution in [0.1, 0.15) is 38.7 Å². The fourth-order valence-corrected chi connectivity index (χ4v) is 5.13. The lowest BCUT2D eigenvalue weighted by Crippen LogP contribution is -2.52. The number of aromatic nitrogens is 1. The number of hydrogen-bond acceptors (Lipinski definition) is 6. The highest BCUT2D eigenvalue weighted by Gasteiger charge is 2.55. The quantitative estimate of drug-likeness (QED) is 0.778. The van der Waals surface area contributed by atoms with Crippen LogP contribution in [-0.4, -0.2) is 35.9 Å². The molecule has 158 valence electrons. The van der Waals surface area contributed by atoms with E-state index in [0.717, 1.165) is 36.1 Å². The van der Waals surface area contributed by atoms with Crippen LogP contribution >= 0.6 is 0 Å². The SMILES string of the molecule is CC(C)O[C@H]1CC[C@@H]2Oc3ccc(-c4cccnc4F)cc3C3(COC(N)=N3)[C@H]2C1. The van der Waals surface area contributed by atoms with Gasteiger partial charge in [-0.2, -0.15) is 4.39 Å². The fraction of sp³-hybridized carbons (Fsp3) is 0.478. The van der Waals surface area contributed by atoms with E-state index in [1.54, 1.807) is 12.1 Å². The molecule has 2 aromatic rings. The molecule has 1 saturated carbocycles. The summed E-state index contributed by atoms with van der Waals surface area (Å²) in [6.45, 7) is 4.46. The zero-order chi connectivity index (χ0) is 20.9. The first-order chi connectivity index (χ1) is 14.5. The third kappa shape index (κ3) is 3.12. The Morgan fingerprint density at radius 2 is 2.13 bits per heavy atom. The van der Waals surface area contributed by atoms with Gasteiger partial charge in [0.15, 0.2) is 0 Å². The van der Waals surface area contributed by atoms with E-state index in [4.69, 9.17) is 24.9 Å². The second kappa shape index (κ2) is 7.23. The van der Waals surface area contributed by atoms with Gasteiger partial charge >= 0.3 is 0 Å². The van der Waals surface area contributed by atoms with Crippen LogP contribution in [0.25, 0.3) is 11.1 Å². The van der Waals surface area contributed by atoms with E-state index in [1.807, 2.05) is 18.2 Å². The van der Waals surface area contributed by atoms with Gasteiger partial charge in [0.2, 0.25) is 5.95 Å². The van der Waals surface area contributed by atoms with Crippen LogP contribution in [-0.2, 0) is 15.0 Å². The molecule has 4 atom stereocenters. The van der Waals surface area contributed by atoms with Gasteiger partial charge in [-0.05, 0) is 62.9 Å². The molecule has 0 saturated heterocycles. The molecule has 1 fully saturated rings. The maximum Gasteiger partial charge on any atom is 0.283 e. The van der Waals surface area contributed by atoms with E-state index < -0.39 is 11.5 Å². The summed E-state index contributed by atoms with van der Waals surface area (Å²) in [5, 5.41) is 0. The number of nitrogens with zero attached hydrogens (tertiary/aromatic N) is 2. The van der Waals surface area contributed by atoms with Gasteiger partial charge in [-0.3, -0.25) is 0 Å². The van der Waals surface area contributed by atoms with Crippen LogP contribution in [0.3, 0.4) is 0 Å². The third-order valence-corrected chi connectivity index (χ3v) is 6.36. The van der Waals surface area contributed by atoms with Crippen LogP contribution in [0.5, 0.6) is 5.75 Å². The summed E-state index contributed by atoms with van der Waals surface area (Å²) in [6, 6.07) is 9.35. The second-order valence-electron chi connectivity index (χ2n) is 8.60. The molecule has 1 aromatic carbocycles. The number of rotatable bonds is 3. The number of fused-ring (bicyclic) bond motifs is 4. The molecule has 3 aliphatic rings. The predicted molar refractivity (Wildman–Crippen MR) is 111 cm³/mol. The number of pyridine rings is 1. The van der Waals surface area contributed by atoms with Crippen molar-refractivity contribution in [3.63, 3.8) is 0 Å². The van der Waals surface area contributed by atoms with Crippen molar-refractivity contribution >= 4 is 6.02 Å². The lowest BCUT2D eigenvalue weighted by atomic mass is 9.67. The van der Waals surface area contributed by atoms with Crippen LogP contribution in [0.4, 0.5) is 4.39 Å². The summed E-state index contributed by atoms with van der Waals surface area (Å²) < 4.78 is 32.6. The first-order valence-electron chi connectivity index (χ1n) is 10.5. The van der Waals surface area contributed by atoms with E-state index >= 15 is 0 Å². The number of benzene rings is 1. The molecule has 1 aromatic heterocycles. The summed E-state index contributed by atoms with van der Waals surface area (Å²) in [6.07, 6.45) is 4.41. The van der Waals surface area contributed by atoms with Crippen molar-refractivity contribution in [1.82, 2.24) is 4.98 Å². The van der Waals surface area contributed by atoms with Crippen molar-refractivity contribution in [2.75, 3.05) is 6.61 Å². The predicted octanol–water partition coefficient (Wildman–Crippen LogP) is 3.78. The van der Waals surface area contributed by atoms with E-state index in [1.165, 1.54) is 6.20 Å². The highest BCUT2D eigenvalue weighted by Crippen LogP contribution is 2.53. The summed E-state index contributed by atoms with van der Waals surface area (Å²) in [5.41, 5.74) is 7.39. The van der Waals surface area contributed by atoms with Crippen molar-refractivity contribution in [3.05, 3.63) is 48.0 Å². The molecule has 1 spiro atoms. The highest BCUT2D eigenvalue weighted by molar-refractivity contribution is 5.75. The zero-order valence-corrected chi connectivity index (χ0v) is 17.2. The van der Waals surface area contributed by atoms with Gasteiger partial charge in [0.25, 0.3) is 6.02 Å². The van der Waals surface area contributed by atoms with Gasteiger partial charge in [-0.1, -0.05) is 6.07 Å². The largest absolute Gasteiger partial charge is 0.490 e. The molecule has 6 nitrogen and oxygen atoms in total. The molecule has 7 heteroatoms. The minimum atomic E-state index is -0.657. The van der Waals surface area contributed by atoms with Gasteiger partial charge in [-0.25, -0.2) is 9.98 Å².